The Labute approximate surface area is 114 Å². The Morgan fingerprint density at radius 2 is 2.05 bits per heavy atom. The van der Waals surface area contributed by atoms with Gasteiger partial charge in [0.2, 0.25) is 11.8 Å². The fraction of sp³-hybridized carbons (Fsp3) is 0.857. The van der Waals surface area contributed by atoms with Crippen molar-refractivity contribution in [2.24, 2.45) is 5.92 Å². The molecule has 2 atom stereocenters. The molecule has 0 bridgehead atoms. The molecule has 0 saturated carbocycles. The molecule has 0 aromatic rings. The van der Waals surface area contributed by atoms with Crippen LogP contribution in [-0.4, -0.2) is 60.0 Å². The van der Waals surface area contributed by atoms with Gasteiger partial charge < -0.3 is 14.5 Å². The van der Waals surface area contributed by atoms with E-state index in [0.717, 1.165) is 19.4 Å². The van der Waals surface area contributed by atoms with Crippen LogP contribution in [0.25, 0.3) is 0 Å². The van der Waals surface area contributed by atoms with Crippen molar-refractivity contribution in [3.63, 3.8) is 0 Å². The monoisotopic (exact) mass is 268 g/mol. The molecule has 0 N–H and O–H groups in total. The van der Waals surface area contributed by atoms with Crippen molar-refractivity contribution < 1.29 is 14.3 Å². The van der Waals surface area contributed by atoms with Crippen molar-refractivity contribution in [3.8, 4) is 0 Å². The molecule has 0 aromatic heterocycles. The van der Waals surface area contributed by atoms with Gasteiger partial charge in [-0.05, 0) is 25.7 Å². The van der Waals surface area contributed by atoms with Crippen molar-refractivity contribution >= 4 is 11.8 Å². The van der Waals surface area contributed by atoms with Crippen LogP contribution in [0.15, 0.2) is 0 Å². The summed E-state index contributed by atoms with van der Waals surface area (Å²) in [6, 6.07) is -0.557. The zero-order valence-corrected chi connectivity index (χ0v) is 12.1. The standard InChI is InChI=1S/C14H24N2O3/c1-10(2)9-19-8-7-15-11(3)13(17)16-6-4-5-12(16)14(15)18/h10-12H,4-9H2,1-3H3. The van der Waals surface area contributed by atoms with Crippen LogP contribution in [0.2, 0.25) is 0 Å². The van der Waals surface area contributed by atoms with Gasteiger partial charge in [0.25, 0.3) is 0 Å². The SMILES string of the molecule is CC(C)COCCN1C(=O)C2CCCN2C(=O)C1C. The number of rotatable bonds is 5. The number of fused-ring (bicyclic) bond motifs is 1. The van der Waals surface area contributed by atoms with E-state index in [2.05, 4.69) is 13.8 Å². The second-order valence-corrected chi connectivity index (χ2v) is 5.87. The van der Waals surface area contributed by atoms with Gasteiger partial charge in [-0.25, -0.2) is 0 Å². The molecule has 0 aromatic carbocycles. The lowest BCUT2D eigenvalue weighted by molar-refractivity contribution is -0.159. The van der Waals surface area contributed by atoms with Crippen molar-refractivity contribution in [3.05, 3.63) is 0 Å². The predicted molar refractivity (Wildman–Crippen MR) is 71.6 cm³/mol. The first kappa shape index (κ1) is 14.3. The zero-order valence-electron chi connectivity index (χ0n) is 12.1. The van der Waals surface area contributed by atoms with E-state index in [1.165, 1.54) is 0 Å². The van der Waals surface area contributed by atoms with Crippen molar-refractivity contribution in [1.82, 2.24) is 9.80 Å². The van der Waals surface area contributed by atoms with E-state index in [-0.39, 0.29) is 23.9 Å². The van der Waals surface area contributed by atoms with Crippen LogP contribution in [0, 0.1) is 5.92 Å². The van der Waals surface area contributed by atoms with E-state index in [4.69, 9.17) is 4.74 Å². The van der Waals surface area contributed by atoms with E-state index in [9.17, 15) is 9.59 Å². The maximum Gasteiger partial charge on any atom is 0.246 e. The van der Waals surface area contributed by atoms with Crippen LogP contribution in [-0.2, 0) is 14.3 Å². The van der Waals surface area contributed by atoms with Crippen molar-refractivity contribution in [2.45, 2.75) is 45.7 Å². The summed E-state index contributed by atoms with van der Waals surface area (Å²) in [5.74, 6) is 0.671. The zero-order chi connectivity index (χ0) is 14.0. The summed E-state index contributed by atoms with van der Waals surface area (Å²) < 4.78 is 5.52. The molecule has 2 aliphatic heterocycles. The Kier molecular flexibility index (Phi) is 4.45. The lowest BCUT2D eigenvalue weighted by atomic mass is 10.1. The number of hydrogen-bond donors (Lipinski definition) is 0. The average molecular weight is 268 g/mol. The molecule has 19 heavy (non-hydrogen) atoms. The molecule has 5 heteroatoms. The second-order valence-electron chi connectivity index (χ2n) is 5.87. The normalized spacial score (nSPS) is 27.4. The number of nitrogens with zero attached hydrogens (tertiary/aromatic N) is 2. The second kappa shape index (κ2) is 5.90. The van der Waals surface area contributed by atoms with E-state index in [0.29, 0.717) is 25.7 Å². The first-order valence-corrected chi connectivity index (χ1v) is 7.21. The summed E-state index contributed by atoms with van der Waals surface area (Å²) >= 11 is 0. The molecule has 2 aliphatic rings. The number of ether oxygens (including phenoxy) is 1. The van der Waals surface area contributed by atoms with E-state index in [1.807, 2.05) is 6.92 Å². The highest BCUT2D eigenvalue weighted by molar-refractivity contribution is 5.97. The van der Waals surface area contributed by atoms with Crippen LogP contribution in [0.1, 0.15) is 33.6 Å². The fourth-order valence-corrected chi connectivity index (χ4v) is 2.83. The van der Waals surface area contributed by atoms with Gasteiger partial charge in [0, 0.05) is 19.7 Å². The lowest BCUT2D eigenvalue weighted by Gasteiger charge is -2.40. The minimum Gasteiger partial charge on any atom is -0.379 e. The van der Waals surface area contributed by atoms with Crippen LogP contribution < -0.4 is 0 Å². The molecule has 2 fully saturated rings. The summed E-state index contributed by atoms with van der Waals surface area (Å²) in [6.07, 6.45) is 1.74. The maximum atomic E-state index is 12.4. The number of carbonyl (C=O) groups excluding carboxylic acids is 2. The Morgan fingerprint density at radius 3 is 2.74 bits per heavy atom. The predicted octanol–water partition coefficient (Wildman–Crippen LogP) is 0.881. The third-order valence-electron chi connectivity index (χ3n) is 3.86. The Hall–Kier alpha value is -1.10. The molecule has 2 saturated heterocycles. The van der Waals surface area contributed by atoms with Crippen molar-refractivity contribution in [1.29, 1.82) is 0 Å². The number of amides is 2. The number of hydrogen-bond acceptors (Lipinski definition) is 3. The van der Waals surface area contributed by atoms with Crippen LogP contribution in [0.4, 0.5) is 0 Å². The summed E-state index contributed by atoms with van der Waals surface area (Å²) in [7, 11) is 0. The van der Waals surface area contributed by atoms with E-state index >= 15 is 0 Å². The quantitative estimate of drug-likeness (QED) is 0.696. The highest BCUT2D eigenvalue weighted by atomic mass is 16.5. The molecule has 0 spiro atoms. The Balaban J connectivity index is 1.92. The largest absolute Gasteiger partial charge is 0.379 e. The maximum absolute atomic E-state index is 12.4. The molecule has 108 valence electrons. The van der Waals surface area contributed by atoms with Crippen LogP contribution >= 0.6 is 0 Å². The lowest BCUT2D eigenvalue weighted by Crippen LogP contribution is -2.62. The fourth-order valence-electron chi connectivity index (χ4n) is 2.83. The van der Waals surface area contributed by atoms with Gasteiger partial charge in [-0.15, -0.1) is 0 Å². The van der Waals surface area contributed by atoms with Crippen LogP contribution in [0.3, 0.4) is 0 Å². The van der Waals surface area contributed by atoms with Gasteiger partial charge in [0.05, 0.1) is 6.61 Å². The average Bonchev–Trinajstić information content (AvgIpc) is 2.84. The summed E-state index contributed by atoms with van der Waals surface area (Å²) in [4.78, 5) is 28.0. The molecule has 2 rings (SSSR count). The van der Waals surface area contributed by atoms with E-state index in [1.54, 1.807) is 9.80 Å². The highest BCUT2D eigenvalue weighted by Crippen LogP contribution is 2.26. The van der Waals surface area contributed by atoms with Gasteiger partial charge in [-0.2, -0.15) is 0 Å². The molecule has 2 heterocycles. The number of piperazine rings is 1. The molecule has 0 radical (unpaired) electrons. The first-order chi connectivity index (χ1) is 9.02. The minimum atomic E-state index is -0.343. The van der Waals surface area contributed by atoms with Gasteiger partial charge in [0.1, 0.15) is 12.1 Å². The Bertz CT molecular complexity index is 357. The molecular formula is C14H24N2O3. The van der Waals surface area contributed by atoms with Gasteiger partial charge in [0.15, 0.2) is 0 Å². The van der Waals surface area contributed by atoms with E-state index < -0.39 is 0 Å². The highest BCUT2D eigenvalue weighted by Gasteiger charge is 2.45. The van der Waals surface area contributed by atoms with Gasteiger partial charge in [-0.3, -0.25) is 9.59 Å². The summed E-state index contributed by atoms with van der Waals surface area (Å²) in [5.41, 5.74) is 0. The smallest absolute Gasteiger partial charge is 0.246 e. The summed E-state index contributed by atoms with van der Waals surface area (Å²) in [5, 5.41) is 0. The Morgan fingerprint density at radius 1 is 1.32 bits per heavy atom. The molecule has 2 unspecified atom stereocenters. The molecule has 5 nitrogen and oxygen atoms in total. The third kappa shape index (κ3) is 2.91. The van der Waals surface area contributed by atoms with Crippen LogP contribution in [0.5, 0.6) is 0 Å². The van der Waals surface area contributed by atoms with Crippen molar-refractivity contribution in [2.75, 3.05) is 26.3 Å². The molecule has 0 aliphatic carbocycles. The van der Waals surface area contributed by atoms with Gasteiger partial charge in [-0.1, -0.05) is 13.8 Å². The summed E-state index contributed by atoms with van der Waals surface area (Å²) in [6.45, 7) is 8.45. The third-order valence-corrected chi connectivity index (χ3v) is 3.86. The number of carbonyl (C=O) groups is 2. The first-order valence-electron chi connectivity index (χ1n) is 7.21. The van der Waals surface area contributed by atoms with Gasteiger partial charge >= 0.3 is 0 Å². The molecule has 2 amide bonds. The molecular weight excluding hydrogens is 244 g/mol. The topological polar surface area (TPSA) is 49.9 Å². The minimum absolute atomic E-state index is 0.0889.